The first-order valence-corrected chi connectivity index (χ1v) is 6.45. The predicted octanol–water partition coefficient (Wildman–Crippen LogP) is 2.72. The number of phenolic OH excluding ortho intramolecular Hbond substituents is 1. The second kappa shape index (κ2) is 6.87. The zero-order chi connectivity index (χ0) is 17.0. The number of carbonyl (C=O) groups is 2. The molecule has 0 aliphatic rings. The summed E-state index contributed by atoms with van der Waals surface area (Å²) < 4.78 is 35.5. The first-order chi connectivity index (χ1) is 10.9. The van der Waals surface area contributed by atoms with Gasteiger partial charge in [0.2, 0.25) is 0 Å². The van der Waals surface area contributed by atoms with Crippen molar-refractivity contribution in [2.75, 3.05) is 13.7 Å². The number of ketones is 1. The average Bonchev–Trinajstić information content (AvgIpc) is 2.55. The van der Waals surface area contributed by atoms with Crippen molar-refractivity contribution in [3.8, 4) is 11.5 Å². The summed E-state index contributed by atoms with van der Waals surface area (Å²) in [5.41, 5.74) is -0.311. The summed E-state index contributed by atoms with van der Waals surface area (Å²) in [6.45, 7) is -0.680. The number of Topliss-reactive ketones (excluding diaryl/α,β-unsaturated/α-hetero) is 1. The zero-order valence-electron chi connectivity index (χ0n) is 12.0. The highest BCUT2D eigenvalue weighted by atomic mass is 19.2. The third kappa shape index (κ3) is 3.63. The van der Waals surface area contributed by atoms with Gasteiger partial charge in [-0.25, -0.2) is 13.6 Å². The van der Waals surface area contributed by atoms with Crippen LogP contribution in [0.1, 0.15) is 20.7 Å². The Balaban J connectivity index is 2.07. The molecule has 0 saturated heterocycles. The van der Waals surface area contributed by atoms with Crippen LogP contribution in [0, 0.1) is 11.6 Å². The molecule has 2 aromatic carbocycles. The van der Waals surface area contributed by atoms with Gasteiger partial charge in [0.1, 0.15) is 5.56 Å². The molecule has 23 heavy (non-hydrogen) atoms. The molecule has 2 aromatic rings. The number of carbonyl (C=O) groups excluding carboxylic acids is 2. The lowest BCUT2D eigenvalue weighted by Gasteiger charge is -2.08. The maximum atomic E-state index is 13.1. The number of methoxy groups -OCH3 is 1. The Morgan fingerprint density at radius 2 is 1.87 bits per heavy atom. The van der Waals surface area contributed by atoms with E-state index in [4.69, 9.17) is 9.47 Å². The monoisotopic (exact) mass is 322 g/mol. The Hall–Kier alpha value is -2.96. The lowest BCUT2D eigenvalue weighted by atomic mass is 10.1. The number of aromatic hydroxyl groups is 1. The van der Waals surface area contributed by atoms with Crippen LogP contribution >= 0.6 is 0 Å². The Morgan fingerprint density at radius 3 is 2.52 bits per heavy atom. The van der Waals surface area contributed by atoms with Crippen molar-refractivity contribution >= 4 is 11.8 Å². The second-order valence-corrected chi connectivity index (χ2v) is 4.48. The normalized spacial score (nSPS) is 10.2. The summed E-state index contributed by atoms with van der Waals surface area (Å²) in [6, 6.07) is 6.80. The molecule has 0 heterocycles. The van der Waals surface area contributed by atoms with E-state index >= 15 is 0 Å². The average molecular weight is 322 g/mol. The largest absolute Gasteiger partial charge is 0.504 e. The van der Waals surface area contributed by atoms with Crippen LogP contribution in [0.3, 0.4) is 0 Å². The summed E-state index contributed by atoms with van der Waals surface area (Å²) in [7, 11) is 1.32. The van der Waals surface area contributed by atoms with Crippen molar-refractivity contribution in [3.63, 3.8) is 0 Å². The lowest BCUT2D eigenvalue weighted by Crippen LogP contribution is -2.15. The van der Waals surface area contributed by atoms with Crippen molar-refractivity contribution < 1.29 is 33.0 Å². The number of ether oxygens (including phenoxy) is 2. The molecule has 0 aliphatic carbocycles. The molecule has 0 fully saturated rings. The van der Waals surface area contributed by atoms with Gasteiger partial charge in [0.15, 0.2) is 35.5 Å². The van der Waals surface area contributed by atoms with Gasteiger partial charge in [-0.1, -0.05) is 6.07 Å². The van der Waals surface area contributed by atoms with E-state index in [1.54, 1.807) is 0 Å². The molecule has 0 amide bonds. The van der Waals surface area contributed by atoms with E-state index in [9.17, 15) is 23.5 Å². The van der Waals surface area contributed by atoms with Crippen LogP contribution in [-0.4, -0.2) is 30.6 Å². The summed E-state index contributed by atoms with van der Waals surface area (Å²) >= 11 is 0. The van der Waals surface area contributed by atoms with Crippen LogP contribution in [0.2, 0.25) is 0 Å². The Kier molecular flexibility index (Phi) is 4.90. The number of halogens is 2. The van der Waals surface area contributed by atoms with Gasteiger partial charge >= 0.3 is 5.97 Å². The first kappa shape index (κ1) is 16.4. The summed E-state index contributed by atoms with van der Waals surface area (Å²) in [6.07, 6.45) is 0. The van der Waals surface area contributed by atoms with Crippen molar-refractivity contribution in [2.45, 2.75) is 0 Å². The number of hydrogen-bond donors (Lipinski definition) is 1. The van der Waals surface area contributed by atoms with E-state index < -0.39 is 35.7 Å². The quantitative estimate of drug-likeness (QED) is 0.677. The van der Waals surface area contributed by atoms with Crippen LogP contribution in [0.15, 0.2) is 36.4 Å². The van der Waals surface area contributed by atoms with Gasteiger partial charge in [-0.05, 0) is 30.3 Å². The smallest absolute Gasteiger partial charge is 0.342 e. The van der Waals surface area contributed by atoms with Gasteiger partial charge in [-0.2, -0.15) is 0 Å². The van der Waals surface area contributed by atoms with Crippen LogP contribution in [-0.2, 0) is 4.74 Å². The standard InChI is InChI=1S/C16H12F2O5/c1-22-14-4-2-3-10(15(14)20)16(21)23-8-13(19)9-5-6-11(17)12(18)7-9/h2-7,20H,8H2,1H3. The van der Waals surface area contributed by atoms with Crippen molar-refractivity contribution in [1.29, 1.82) is 0 Å². The molecule has 0 unspecified atom stereocenters. The highest BCUT2D eigenvalue weighted by Gasteiger charge is 2.18. The van der Waals surface area contributed by atoms with Gasteiger partial charge in [0.05, 0.1) is 7.11 Å². The Bertz CT molecular complexity index is 758. The highest BCUT2D eigenvalue weighted by molar-refractivity contribution is 6.00. The number of hydrogen-bond acceptors (Lipinski definition) is 5. The number of rotatable bonds is 5. The third-order valence-electron chi connectivity index (χ3n) is 3.01. The second-order valence-electron chi connectivity index (χ2n) is 4.48. The maximum Gasteiger partial charge on any atom is 0.342 e. The van der Waals surface area contributed by atoms with Gasteiger partial charge in [-0.3, -0.25) is 4.79 Å². The van der Waals surface area contributed by atoms with E-state index in [0.717, 1.165) is 12.1 Å². The number of phenols is 1. The SMILES string of the molecule is COc1cccc(C(=O)OCC(=O)c2ccc(F)c(F)c2)c1O. The molecule has 0 aromatic heterocycles. The molecule has 120 valence electrons. The number of esters is 1. The topological polar surface area (TPSA) is 72.8 Å². The highest BCUT2D eigenvalue weighted by Crippen LogP contribution is 2.29. The molecular weight excluding hydrogens is 310 g/mol. The molecule has 0 aliphatic heterocycles. The molecule has 7 heteroatoms. The molecule has 0 atom stereocenters. The minimum absolute atomic E-state index is 0.0754. The van der Waals surface area contributed by atoms with E-state index in [0.29, 0.717) is 6.07 Å². The van der Waals surface area contributed by atoms with Crippen molar-refractivity contribution in [2.24, 2.45) is 0 Å². The van der Waals surface area contributed by atoms with E-state index in [-0.39, 0.29) is 16.9 Å². The first-order valence-electron chi connectivity index (χ1n) is 6.45. The number of benzene rings is 2. The van der Waals surface area contributed by atoms with Gasteiger partial charge < -0.3 is 14.6 Å². The molecule has 2 rings (SSSR count). The molecule has 0 radical (unpaired) electrons. The van der Waals surface area contributed by atoms with Crippen LogP contribution in [0.4, 0.5) is 8.78 Å². The molecule has 0 spiro atoms. The third-order valence-corrected chi connectivity index (χ3v) is 3.01. The fourth-order valence-corrected chi connectivity index (χ4v) is 1.81. The van der Waals surface area contributed by atoms with E-state index in [1.807, 2.05) is 0 Å². The molecule has 5 nitrogen and oxygen atoms in total. The molecule has 0 saturated carbocycles. The van der Waals surface area contributed by atoms with Crippen molar-refractivity contribution in [3.05, 3.63) is 59.2 Å². The molecular formula is C16H12F2O5. The van der Waals surface area contributed by atoms with E-state index in [1.165, 1.54) is 25.3 Å². The fourth-order valence-electron chi connectivity index (χ4n) is 1.81. The minimum atomic E-state index is -1.17. The van der Waals surface area contributed by atoms with Crippen LogP contribution in [0.5, 0.6) is 11.5 Å². The molecule has 0 bridgehead atoms. The Labute approximate surface area is 130 Å². The minimum Gasteiger partial charge on any atom is -0.504 e. The summed E-state index contributed by atoms with van der Waals surface area (Å²) in [5, 5.41) is 9.81. The maximum absolute atomic E-state index is 13.1. The van der Waals surface area contributed by atoms with Gasteiger partial charge in [-0.15, -0.1) is 0 Å². The van der Waals surface area contributed by atoms with Gasteiger partial charge in [0, 0.05) is 5.56 Å². The van der Waals surface area contributed by atoms with Crippen molar-refractivity contribution in [1.82, 2.24) is 0 Å². The summed E-state index contributed by atoms with van der Waals surface area (Å²) in [5.74, 6) is -4.25. The zero-order valence-corrected chi connectivity index (χ0v) is 12.0. The number of para-hydroxylation sites is 1. The van der Waals surface area contributed by atoms with E-state index in [2.05, 4.69) is 0 Å². The lowest BCUT2D eigenvalue weighted by molar-refractivity contribution is 0.0471. The molecule has 1 N–H and O–H groups in total. The Morgan fingerprint density at radius 1 is 1.13 bits per heavy atom. The predicted molar refractivity (Wildman–Crippen MR) is 75.6 cm³/mol. The van der Waals surface area contributed by atoms with Crippen LogP contribution in [0.25, 0.3) is 0 Å². The van der Waals surface area contributed by atoms with Crippen LogP contribution < -0.4 is 4.74 Å². The fraction of sp³-hybridized carbons (Fsp3) is 0.125. The summed E-state index contributed by atoms with van der Waals surface area (Å²) in [4.78, 5) is 23.7. The van der Waals surface area contributed by atoms with Gasteiger partial charge in [0.25, 0.3) is 0 Å².